The number of Topliss-reactive ketones (excluding diaryl/α,β-unsaturated/α-hetero) is 1. The highest BCUT2D eigenvalue weighted by molar-refractivity contribution is 6.01. The number of hydrogen-bond donors (Lipinski definition) is 0. The standard InChI is InChI=1S/C24H28N2O3/c1-4-6-8-9-10-19-16-25-23(26-17-19)20-12-14-21(15-13-20)24(28)29-18(3)22(27)11-7-5-2/h12-18H,4-6,8-10H2,1-3H3. The average Bonchev–Trinajstić information content (AvgIpc) is 2.75. The van der Waals surface area contributed by atoms with Gasteiger partial charge in [-0.2, -0.15) is 0 Å². The molecule has 29 heavy (non-hydrogen) atoms. The van der Waals surface area contributed by atoms with Gasteiger partial charge in [0.05, 0.1) is 5.56 Å². The van der Waals surface area contributed by atoms with E-state index in [2.05, 4.69) is 28.7 Å². The Morgan fingerprint density at radius 3 is 2.34 bits per heavy atom. The second kappa shape index (κ2) is 11.8. The Morgan fingerprint density at radius 2 is 1.72 bits per heavy atom. The Labute approximate surface area is 172 Å². The number of nitrogens with zero attached hydrogens (tertiary/aromatic N) is 2. The number of aromatic nitrogens is 2. The van der Waals surface area contributed by atoms with E-state index in [9.17, 15) is 9.59 Å². The number of hydrogen-bond acceptors (Lipinski definition) is 5. The second-order valence-corrected chi connectivity index (χ2v) is 6.87. The van der Waals surface area contributed by atoms with Crippen molar-refractivity contribution in [1.29, 1.82) is 0 Å². The zero-order valence-electron chi connectivity index (χ0n) is 17.4. The molecule has 0 spiro atoms. The summed E-state index contributed by atoms with van der Waals surface area (Å²) in [5.41, 5.74) is 2.32. The lowest BCUT2D eigenvalue weighted by Crippen LogP contribution is -2.23. The number of aryl methyl sites for hydroxylation is 1. The van der Waals surface area contributed by atoms with Crippen LogP contribution in [0.25, 0.3) is 11.4 Å². The minimum absolute atomic E-state index is 0.365. The van der Waals surface area contributed by atoms with Crippen molar-refractivity contribution in [3.8, 4) is 23.2 Å². The molecule has 0 aliphatic heterocycles. The fourth-order valence-corrected chi connectivity index (χ4v) is 2.70. The van der Waals surface area contributed by atoms with Gasteiger partial charge in [-0.25, -0.2) is 14.8 Å². The van der Waals surface area contributed by atoms with Crippen LogP contribution in [-0.4, -0.2) is 27.8 Å². The fourth-order valence-electron chi connectivity index (χ4n) is 2.70. The Bertz CT molecular complexity index is 862. The molecular weight excluding hydrogens is 364 g/mol. The molecule has 0 N–H and O–H groups in total. The highest BCUT2D eigenvalue weighted by atomic mass is 16.5. The van der Waals surface area contributed by atoms with Crippen LogP contribution >= 0.6 is 0 Å². The summed E-state index contributed by atoms with van der Waals surface area (Å²) < 4.78 is 5.19. The second-order valence-electron chi connectivity index (χ2n) is 6.87. The largest absolute Gasteiger partial charge is 0.450 e. The monoisotopic (exact) mass is 392 g/mol. The summed E-state index contributed by atoms with van der Waals surface area (Å²) in [5, 5.41) is 0. The van der Waals surface area contributed by atoms with E-state index in [-0.39, 0.29) is 0 Å². The van der Waals surface area contributed by atoms with Crippen molar-refractivity contribution >= 4 is 11.8 Å². The molecule has 1 unspecified atom stereocenters. The summed E-state index contributed by atoms with van der Waals surface area (Å²) in [7, 11) is 0. The first kappa shape index (κ1) is 22.3. The maximum absolute atomic E-state index is 12.2. The average molecular weight is 392 g/mol. The van der Waals surface area contributed by atoms with E-state index in [1.165, 1.54) is 26.2 Å². The van der Waals surface area contributed by atoms with Crippen molar-refractivity contribution in [1.82, 2.24) is 9.97 Å². The number of unbranched alkanes of at least 4 members (excludes halogenated alkanes) is 3. The Hall–Kier alpha value is -3.00. The van der Waals surface area contributed by atoms with Crippen LogP contribution in [0, 0.1) is 11.8 Å². The van der Waals surface area contributed by atoms with E-state index in [0.29, 0.717) is 17.8 Å². The quantitative estimate of drug-likeness (QED) is 0.265. The maximum atomic E-state index is 12.2. The van der Waals surface area contributed by atoms with E-state index in [1.807, 2.05) is 19.3 Å². The minimum atomic E-state index is -0.894. The van der Waals surface area contributed by atoms with Crippen molar-refractivity contribution in [3.05, 3.63) is 47.8 Å². The molecule has 0 fully saturated rings. The van der Waals surface area contributed by atoms with Crippen LogP contribution < -0.4 is 0 Å². The first-order valence-electron chi connectivity index (χ1n) is 10.2. The highest BCUT2D eigenvalue weighted by Crippen LogP contribution is 2.17. The fraction of sp³-hybridized carbons (Fsp3) is 0.417. The molecular formula is C24H28N2O3. The molecule has 1 atom stereocenters. The predicted octanol–water partition coefficient (Wildman–Crippen LogP) is 4.79. The molecule has 0 bridgehead atoms. The zero-order chi connectivity index (χ0) is 21.1. The van der Waals surface area contributed by atoms with Crippen LogP contribution in [-0.2, 0) is 16.0 Å². The molecule has 0 aliphatic rings. The topological polar surface area (TPSA) is 69.2 Å². The van der Waals surface area contributed by atoms with Crippen LogP contribution in [0.4, 0.5) is 0 Å². The molecule has 1 aromatic heterocycles. The molecule has 0 saturated carbocycles. The normalized spacial score (nSPS) is 11.3. The Balaban J connectivity index is 1.95. The molecule has 0 aliphatic carbocycles. The third-order valence-electron chi connectivity index (χ3n) is 4.44. The lowest BCUT2D eigenvalue weighted by molar-refractivity contribution is -0.121. The molecule has 2 aromatic rings. The molecule has 0 amide bonds. The predicted molar refractivity (Wildman–Crippen MR) is 113 cm³/mol. The molecule has 5 nitrogen and oxygen atoms in total. The molecule has 2 rings (SSSR count). The van der Waals surface area contributed by atoms with Crippen LogP contribution in [0.2, 0.25) is 0 Å². The van der Waals surface area contributed by atoms with Crippen LogP contribution in [0.5, 0.6) is 0 Å². The first-order chi connectivity index (χ1) is 14.0. The Morgan fingerprint density at radius 1 is 1.03 bits per heavy atom. The lowest BCUT2D eigenvalue weighted by atomic mass is 10.1. The van der Waals surface area contributed by atoms with Gasteiger partial charge in [-0.1, -0.05) is 51.2 Å². The van der Waals surface area contributed by atoms with E-state index in [1.54, 1.807) is 24.3 Å². The molecule has 5 heteroatoms. The summed E-state index contributed by atoms with van der Waals surface area (Å²) in [5.74, 6) is 4.80. The van der Waals surface area contributed by atoms with Gasteiger partial charge in [0.2, 0.25) is 5.78 Å². The number of ether oxygens (including phenoxy) is 1. The lowest BCUT2D eigenvalue weighted by Gasteiger charge is -2.09. The third kappa shape index (κ3) is 7.15. The van der Waals surface area contributed by atoms with E-state index in [0.717, 1.165) is 24.0 Å². The van der Waals surface area contributed by atoms with Crippen molar-refractivity contribution in [2.45, 2.75) is 65.4 Å². The van der Waals surface area contributed by atoms with Crippen molar-refractivity contribution in [3.63, 3.8) is 0 Å². The van der Waals surface area contributed by atoms with Gasteiger partial charge in [-0.05, 0) is 43.4 Å². The van der Waals surface area contributed by atoms with Gasteiger partial charge in [-0.15, -0.1) is 0 Å². The zero-order valence-corrected chi connectivity index (χ0v) is 17.4. The Kier molecular flexibility index (Phi) is 9.04. The van der Waals surface area contributed by atoms with Gasteiger partial charge in [0.25, 0.3) is 0 Å². The van der Waals surface area contributed by atoms with Gasteiger partial charge < -0.3 is 4.74 Å². The summed E-state index contributed by atoms with van der Waals surface area (Å²) in [6.07, 6.45) is 9.26. The molecule has 0 radical (unpaired) electrons. The van der Waals surface area contributed by atoms with Crippen LogP contribution in [0.1, 0.15) is 68.8 Å². The van der Waals surface area contributed by atoms with Gasteiger partial charge in [0.15, 0.2) is 11.9 Å². The first-order valence-corrected chi connectivity index (χ1v) is 10.2. The number of carbonyl (C=O) groups excluding carboxylic acids is 2. The van der Waals surface area contributed by atoms with E-state index < -0.39 is 17.9 Å². The molecule has 1 aromatic carbocycles. The number of benzene rings is 1. The van der Waals surface area contributed by atoms with Gasteiger partial charge >= 0.3 is 5.97 Å². The van der Waals surface area contributed by atoms with E-state index >= 15 is 0 Å². The summed E-state index contributed by atoms with van der Waals surface area (Å²) in [6.45, 7) is 5.57. The van der Waals surface area contributed by atoms with Gasteiger partial charge in [0.1, 0.15) is 0 Å². The van der Waals surface area contributed by atoms with E-state index in [4.69, 9.17) is 4.74 Å². The van der Waals surface area contributed by atoms with Crippen LogP contribution in [0.3, 0.4) is 0 Å². The van der Waals surface area contributed by atoms with Crippen LogP contribution in [0.15, 0.2) is 36.7 Å². The minimum Gasteiger partial charge on any atom is -0.450 e. The maximum Gasteiger partial charge on any atom is 0.338 e. The molecule has 1 heterocycles. The van der Waals surface area contributed by atoms with Crippen molar-refractivity contribution in [2.24, 2.45) is 0 Å². The third-order valence-corrected chi connectivity index (χ3v) is 4.44. The highest BCUT2D eigenvalue weighted by Gasteiger charge is 2.17. The molecule has 152 valence electrons. The number of carbonyl (C=O) groups is 2. The number of rotatable bonds is 9. The van der Waals surface area contributed by atoms with Gasteiger partial charge in [-0.3, -0.25) is 4.79 Å². The van der Waals surface area contributed by atoms with Gasteiger partial charge in [0, 0.05) is 24.4 Å². The molecule has 0 saturated heterocycles. The summed E-state index contributed by atoms with van der Waals surface area (Å²) in [6, 6.07) is 6.84. The van der Waals surface area contributed by atoms with Crippen molar-refractivity contribution < 1.29 is 14.3 Å². The number of esters is 1. The van der Waals surface area contributed by atoms with Crippen molar-refractivity contribution in [2.75, 3.05) is 0 Å². The smallest absolute Gasteiger partial charge is 0.338 e. The summed E-state index contributed by atoms with van der Waals surface area (Å²) >= 11 is 0. The SMILES string of the molecule is CCC#CC(=O)C(C)OC(=O)c1ccc(-c2ncc(CCCCCC)cn2)cc1. The summed E-state index contributed by atoms with van der Waals surface area (Å²) in [4.78, 5) is 32.9. The number of ketones is 1.